The van der Waals surface area contributed by atoms with Crippen LogP contribution in [0.25, 0.3) is 11.1 Å². The smallest absolute Gasteiger partial charge is 0.138 e. The molecule has 0 bridgehead atoms. The predicted molar refractivity (Wildman–Crippen MR) is 150 cm³/mol. The highest BCUT2D eigenvalue weighted by atomic mass is 79.9. The van der Waals surface area contributed by atoms with Gasteiger partial charge in [-0.3, -0.25) is 9.34 Å². The van der Waals surface area contributed by atoms with E-state index in [0.29, 0.717) is 0 Å². The molecule has 34 heavy (non-hydrogen) atoms. The molecule has 0 amide bonds. The van der Waals surface area contributed by atoms with E-state index in [9.17, 15) is 0 Å². The molecule has 2 nitrogen and oxygen atoms in total. The molecule has 1 aliphatic heterocycles. The van der Waals surface area contributed by atoms with E-state index >= 15 is 0 Å². The minimum atomic E-state index is -0.894. The zero-order valence-corrected chi connectivity index (χ0v) is 20.9. The first-order valence-corrected chi connectivity index (χ1v) is 13.3. The number of halogens is 1. The van der Waals surface area contributed by atoms with Crippen LogP contribution in [0.4, 0.5) is 22.7 Å². The summed E-state index contributed by atoms with van der Waals surface area (Å²) in [6.45, 7) is 0. The molecule has 5 aromatic carbocycles. The molecular formula is C30H22BrN2P. The molecule has 0 saturated carbocycles. The zero-order chi connectivity index (χ0) is 22.9. The second-order valence-electron chi connectivity index (χ2n) is 8.13. The van der Waals surface area contributed by atoms with Crippen molar-refractivity contribution in [2.24, 2.45) is 0 Å². The average molecular weight is 521 g/mol. The SMILES string of the molecule is Brc1ccc2c(c1)N(c1ccccc1)P(c1ccc(-c3ccccc3)cc1)N2c1ccccc1. The highest BCUT2D eigenvalue weighted by Gasteiger charge is 2.39. The second kappa shape index (κ2) is 9.10. The molecule has 1 atom stereocenters. The van der Waals surface area contributed by atoms with Gasteiger partial charge in [-0.1, -0.05) is 107 Å². The van der Waals surface area contributed by atoms with Gasteiger partial charge in [0.05, 0.1) is 11.4 Å². The molecule has 1 unspecified atom stereocenters. The first-order chi connectivity index (χ1) is 16.8. The van der Waals surface area contributed by atoms with E-state index in [0.717, 1.165) is 4.47 Å². The standard InChI is InChI=1S/C30H22BrN2P/c31-25-18-21-29-30(22-25)33(27-14-8-3-9-15-27)34(32(29)26-12-6-2-7-13-26)28-19-16-24(17-20-28)23-10-4-1-5-11-23/h1-22H. The largest absolute Gasteiger partial charge is 0.297 e. The van der Waals surface area contributed by atoms with Crippen LogP contribution in [0.2, 0.25) is 0 Å². The number of hydrogen-bond donors (Lipinski definition) is 0. The van der Waals surface area contributed by atoms with Crippen molar-refractivity contribution in [2.75, 3.05) is 9.34 Å². The van der Waals surface area contributed by atoms with E-state index in [1.165, 1.54) is 39.2 Å². The second-order valence-corrected chi connectivity index (χ2v) is 10.9. The zero-order valence-electron chi connectivity index (χ0n) is 18.4. The Morgan fingerprint density at radius 1 is 0.471 bits per heavy atom. The molecule has 0 N–H and O–H groups in total. The van der Waals surface area contributed by atoms with E-state index in [4.69, 9.17) is 0 Å². The normalized spacial score (nSPS) is 14.8. The van der Waals surface area contributed by atoms with Gasteiger partial charge >= 0.3 is 0 Å². The van der Waals surface area contributed by atoms with Crippen molar-refractivity contribution in [1.29, 1.82) is 0 Å². The summed E-state index contributed by atoms with van der Waals surface area (Å²) in [5.41, 5.74) is 7.29. The molecule has 0 fully saturated rings. The third-order valence-electron chi connectivity index (χ3n) is 5.98. The molecule has 0 radical (unpaired) electrons. The summed E-state index contributed by atoms with van der Waals surface area (Å²) in [6.07, 6.45) is 0. The minimum absolute atomic E-state index is 0.894. The third kappa shape index (κ3) is 3.81. The van der Waals surface area contributed by atoms with Crippen LogP contribution in [0, 0.1) is 0 Å². The van der Waals surface area contributed by atoms with Crippen molar-refractivity contribution < 1.29 is 0 Å². The Hall–Kier alpha value is -3.39. The van der Waals surface area contributed by atoms with Crippen LogP contribution < -0.4 is 14.6 Å². The van der Waals surface area contributed by atoms with Crippen LogP contribution in [0.15, 0.2) is 138 Å². The van der Waals surface area contributed by atoms with Crippen LogP contribution in [0.5, 0.6) is 0 Å². The molecule has 6 rings (SSSR count). The predicted octanol–water partition coefficient (Wildman–Crippen LogP) is 9.04. The Bertz CT molecular complexity index is 1410. The van der Waals surface area contributed by atoms with E-state index in [1.807, 2.05) is 0 Å². The summed E-state index contributed by atoms with van der Waals surface area (Å²) in [5, 5.41) is 1.30. The van der Waals surface area contributed by atoms with Crippen molar-refractivity contribution in [3.63, 3.8) is 0 Å². The maximum Gasteiger partial charge on any atom is 0.138 e. The van der Waals surface area contributed by atoms with E-state index < -0.39 is 8.22 Å². The van der Waals surface area contributed by atoms with Crippen molar-refractivity contribution >= 4 is 52.2 Å². The lowest BCUT2D eigenvalue weighted by molar-refractivity contribution is 1.43. The Morgan fingerprint density at radius 3 is 1.56 bits per heavy atom. The molecule has 1 aliphatic rings. The molecule has 0 aliphatic carbocycles. The van der Waals surface area contributed by atoms with Crippen LogP contribution in [-0.4, -0.2) is 0 Å². The van der Waals surface area contributed by atoms with Crippen LogP contribution in [-0.2, 0) is 0 Å². The number of benzene rings is 5. The highest BCUT2D eigenvalue weighted by molar-refractivity contribution is 9.10. The summed E-state index contributed by atoms with van der Waals surface area (Å²) < 4.78 is 6.08. The molecule has 0 spiro atoms. The van der Waals surface area contributed by atoms with Gasteiger partial charge < -0.3 is 0 Å². The van der Waals surface area contributed by atoms with E-state index in [1.54, 1.807) is 0 Å². The number of fused-ring (bicyclic) bond motifs is 1. The molecule has 0 aromatic heterocycles. The van der Waals surface area contributed by atoms with Gasteiger partial charge in [-0.2, -0.15) is 0 Å². The Labute approximate surface area is 210 Å². The molecule has 1 heterocycles. The topological polar surface area (TPSA) is 6.48 Å². The van der Waals surface area contributed by atoms with E-state index in [-0.39, 0.29) is 0 Å². The number of rotatable bonds is 4. The van der Waals surface area contributed by atoms with Crippen LogP contribution in [0.1, 0.15) is 0 Å². The van der Waals surface area contributed by atoms with Crippen molar-refractivity contribution in [1.82, 2.24) is 0 Å². The molecule has 5 aromatic rings. The van der Waals surface area contributed by atoms with Gasteiger partial charge in [-0.15, -0.1) is 0 Å². The fraction of sp³-hybridized carbons (Fsp3) is 0. The van der Waals surface area contributed by atoms with E-state index in [2.05, 4.69) is 159 Å². The summed E-state index contributed by atoms with van der Waals surface area (Å²) in [6, 6.07) is 47.7. The Morgan fingerprint density at radius 2 is 0.971 bits per heavy atom. The number of hydrogen-bond acceptors (Lipinski definition) is 2. The van der Waals surface area contributed by atoms with Gasteiger partial charge in [-0.25, -0.2) is 0 Å². The average Bonchev–Trinajstić information content (AvgIpc) is 3.24. The first-order valence-electron chi connectivity index (χ1n) is 11.2. The van der Waals surface area contributed by atoms with Crippen LogP contribution >= 0.6 is 24.2 Å². The minimum Gasteiger partial charge on any atom is -0.297 e. The monoisotopic (exact) mass is 520 g/mol. The van der Waals surface area contributed by atoms with Gasteiger partial charge in [0.2, 0.25) is 0 Å². The number of anilines is 4. The summed E-state index contributed by atoms with van der Waals surface area (Å²) in [4.78, 5) is 0. The van der Waals surface area contributed by atoms with Gasteiger partial charge in [0.1, 0.15) is 8.22 Å². The van der Waals surface area contributed by atoms with Crippen molar-refractivity contribution in [3.05, 3.63) is 138 Å². The Balaban J connectivity index is 1.53. The lowest BCUT2D eigenvalue weighted by Gasteiger charge is -2.32. The highest BCUT2D eigenvalue weighted by Crippen LogP contribution is 2.65. The fourth-order valence-electron chi connectivity index (χ4n) is 4.42. The fourth-order valence-corrected chi connectivity index (χ4v) is 7.27. The molecular weight excluding hydrogens is 499 g/mol. The number of para-hydroxylation sites is 2. The molecule has 0 saturated heterocycles. The summed E-state index contributed by atoms with van der Waals surface area (Å²) in [7, 11) is -0.894. The summed E-state index contributed by atoms with van der Waals surface area (Å²) >= 11 is 3.71. The maximum atomic E-state index is 3.71. The van der Waals surface area contributed by atoms with Crippen molar-refractivity contribution in [3.8, 4) is 11.1 Å². The first kappa shape index (κ1) is 21.2. The van der Waals surface area contributed by atoms with Crippen LogP contribution in [0.3, 0.4) is 0 Å². The third-order valence-corrected chi connectivity index (χ3v) is 8.88. The van der Waals surface area contributed by atoms with Gasteiger partial charge in [0.15, 0.2) is 0 Å². The Kier molecular flexibility index (Phi) is 5.66. The summed E-state index contributed by atoms with van der Waals surface area (Å²) in [5.74, 6) is 0. The quantitative estimate of drug-likeness (QED) is 0.218. The van der Waals surface area contributed by atoms with Gasteiger partial charge in [0, 0.05) is 21.2 Å². The lowest BCUT2D eigenvalue weighted by atomic mass is 10.1. The maximum absolute atomic E-state index is 3.71. The number of nitrogens with zero attached hydrogens (tertiary/aromatic N) is 2. The molecule has 164 valence electrons. The van der Waals surface area contributed by atoms with Gasteiger partial charge in [-0.05, 0) is 53.6 Å². The lowest BCUT2D eigenvalue weighted by Crippen LogP contribution is -2.22. The molecule has 4 heteroatoms. The van der Waals surface area contributed by atoms with Gasteiger partial charge in [0.25, 0.3) is 0 Å². The van der Waals surface area contributed by atoms with Crippen molar-refractivity contribution in [2.45, 2.75) is 0 Å².